The zero-order valence-corrected chi connectivity index (χ0v) is 13.5. The largest absolute Gasteiger partial charge is 0.336 e. The van der Waals surface area contributed by atoms with Crippen molar-refractivity contribution in [2.45, 2.75) is 11.8 Å². The summed E-state index contributed by atoms with van der Waals surface area (Å²) in [5.74, 6) is -0.757. The second-order valence-electron chi connectivity index (χ2n) is 5.50. The van der Waals surface area contributed by atoms with Crippen LogP contribution in [0.1, 0.15) is 16.1 Å². The van der Waals surface area contributed by atoms with E-state index in [1.807, 2.05) is 0 Å². The van der Waals surface area contributed by atoms with E-state index in [-0.39, 0.29) is 31.2 Å². The van der Waals surface area contributed by atoms with Gasteiger partial charge in [0.2, 0.25) is 10.0 Å². The van der Waals surface area contributed by atoms with Gasteiger partial charge in [0.25, 0.3) is 5.91 Å². The summed E-state index contributed by atoms with van der Waals surface area (Å²) < 4.78 is 40.2. The fourth-order valence-corrected chi connectivity index (χ4v) is 3.72. The maximum atomic E-state index is 13.5. The number of benzene rings is 1. The molecule has 1 amide bonds. The third-order valence-corrected chi connectivity index (χ3v) is 5.59. The van der Waals surface area contributed by atoms with Crippen LogP contribution in [0.3, 0.4) is 0 Å². The van der Waals surface area contributed by atoms with Crippen LogP contribution in [-0.2, 0) is 16.6 Å². The minimum Gasteiger partial charge on any atom is -0.336 e. The molecule has 1 fully saturated rings. The smallest absolute Gasteiger partial charge is 0.253 e. The molecule has 2 aromatic rings. The summed E-state index contributed by atoms with van der Waals surface area (Å²) in [6, 6.07) is 11.3. The molecule has 0 unspecified atom stereocenters. The van der Waals surface area contributed by atoms with E-state index in [4.69, 9.17) is 0 Å². The highest BCUT2D eigenvalue weighted by molar-refractivity contribution is 7.90. The molecule has 0 radical (unpaired) electrons. The Kier molecular flexibility index (Phi) is 4.59. The molecule has 0 spiro atoms. The summed E-state index contributed by atoms with van der Waals surface area (Å²) in [5.41, 5.74) is 0.564. The molecular weight excluding hydrogens is 333 g/mol. The zero-order valence-electron chi connectivity index (χ0n) is 12.7. The molecule has 0 aliphatic carbocycles. The fraction of sp³-hybridized carbons (Fsp3) is 0.250. The number of halogens is 1. The van der Waals surface area contributed by atoms with Gasteiger partial charge in [-0.3, -0.25) is 9.78 Å². The molecule has 6 nitrogen and oxygen atoms in total. The molecule has 0 bridgehead atoms. The van der Waals surface area contributed by atoms with Gasteiger partial charge in [0.15, 0.2) is 0 Å². The summed E-state index contributed by atoms with van der Waals surface area (Å²) in [5, 5.41) is -0.697. The maximum absolute atomic E-state index is 13.5. The first-order valence-corrected chi connectivity index (χ1v) is 8.94. The number of amides is 1. The predicted molar refractivity (Wildman–Crippen MR) is 86.1 cm³/mol. The minimum atomic E-state index is -3.64. The molecule has 126 valence electrons. The standard InChI is InChI=1S/C16H16FN3O3S/c17-14-7-4-8-18-15(14)9-19-24(22,23)13-10-20(11-13)16(21)12-5-2-1-3-6-12/h1-8,13,19H,9-11H2. The molecule has 1 N–H and O–H groups in total. The Morgan fingerprint density at radius 1 is 1.21 bits per heavy atom. The molecule has 8 heteroatoms. The van der Waals surface area contributed by atoms with Crippen LogP contribution in [-0.4, -0.2) is 42.5 Å². The first-order chi connectivity index (χ1) is 11.5. The number of carbonyl (C=O) groups excluding carboxylic acids is 1. The Labute approximate surface area is 139 Å². The first kappa shape index (κ1) is 16.5. The van der Waals surface area contributed by atoms with E-state index >= 15 is 0 Å². The number of pyridine rings is 1. The van der Waals surface area contributed by atoms with Crippen LogP contribution in [0.5, 0.6) is 0 Å². The second kappa shape index (κ2) is 6.66. The number of carbonyl (C=O) groups is 1. The van der Waals surface area contributed by atoms with E-state index in [1.165, 1.54) is 23.2 Å². The molecule has 1 aliphatic rings. The molecule has 3 rings (SSSR count). The Balaban J connectivity index is 1.56. The number of hydrogen-bond acceptors (Lipinski definition) is 4. The lowest BCUT2D eigenvalue weighted by molar-refractivity contribution is 0.0658. The highest BCUT2D eigenvalue weighted by Gasteiger charge is 2.39. The average molecular weight is 349 g/mol. The number of rotatable bonds is 5. The first-order valence-electron chi connectivity index (χ1n) is 7.39. The Morgan fingerprint density at radius 3 is 2.58 bits per heavy atom. The summed E-state index contributed by atoms with van der Waals surface area (Å²) >= 11 is 0. The number of aromatic nitrogens is 1. The molecule has 2 heterocycles. The molecule has 1 saturated heterocycles. The van der Waals surface area contributed by atoms with Gasteiger partial charge in [0.1, 0.15) is 11.1 Å². The maximum Gasteiger partial charge on any atom is 0.253 e. The molecule has 1 aromatic carbocycles. The zero-order chi connectivity index (χ0) is 17.2. The van der Waals surface area contributed by atoms with Crippen molar-refractivity contribution in [1.29, 1.82) is 0 Å². The summed E-state index contributed by atoms with van der Waals surface area (Å²) in [6.45, 7) is 0.0274. The lowest BCUT2D eigenvalue weighted by Crippen LogP contribution is -2.59. The van der Waals surface area contributed by atoms with Crippen LogP contribution < -0.4 is 4.72 Å². The lowest BCUT2D eigenvalue weighted by Gasteiger charge is -2.38. The van der Waals surface area contributed by atoms with E-state index in [1.54, 1.807) is 30.3 Å². The number of sulfonamides is 1. The van der Waals surface area contributed by atoms with Gasteiger partial charge in [-0.25, -0.2) is 17.5 Å². The Morgan fingerprint density at radius 2 is 1.92 bits per heavy atom. The third kappa shape index (κ3) is 3.44. The predicted octanol–water partition coefficient (Wildman–Crippen LogP) is 1.16. The Bertz CT molecular complexity index is 837. The van der Waals surface area contributed by atoms with Gasteiger partial charge < -0.3 is 4.90 Å². The summed E-state index contributed by atoms with van der Waals surface area (Å²) in [7, 11) is -3.64. The van der Waals surface area contributed by atoms with Crippen molar-refractivity contribution < 1.29 is 17.6 Å². The minimum absolute atomic E-state index is 0.0395. The number of likely N-dealkylation sites (tertiary alicyclic amines) is 1. The summed E-state index contributed by atoms with van der Waals surface area (Å²) in [4.78, 5) is 17.4. The number of nitrogens with zero attached hydrogens (tertiary/aromatic N) is 2. The summed E-state index contributed by atoms with van der Waals surface area (Å²) in [6.07, 6.45) is 1.40. The van der Waals surface area contributed by atoms with Crippen LogP contribution in [0.15, 0.2) is 48.7 Å². The van der Waals surface area contributed by atoms with E-state index in [2.05, 4.69) is 9.71 Å². The van der Waals surface area contributed by atoms with Gasteiger partial charge in [-0.1, -0.05) is 18.2 Å². The number of nitrogens with one attached hydrogen (secondary N) is 1. The van der Waals surface area contributed by atoms with Crippen molar-refractivity contribution in [3.8, 4) is 0 Å². The molecule has 0 atom stereocenters. The quantitative estimate of drug-likeness (QED) is 0.879. The molecule has 0 saturated carbocycles. The monoisotopic (exact) mass is 349 g/mol. The van der Waals surface area contributed by atoms with Crippen molar-refractivity contribution in [3.05, 3.63) is 65.7 Å². The van der Waals surface area contributed by atoms with Crippen LogP contribution >= 0.6 is 0 Å². The molecule has 1 aromatic heterocycles. The van der Waals surface area contributed by atoms with E-state index < -0.39 is 21.1 Å². The van der Waals surface area contributed by atoms with Gasteiger partial charge >= 0.3 is 0 Å². The van der Waals surface area contributed by atoms with Gasteiger partial charge in [-0.2, -0.15) is 0 Å². The van der Waals surface area contributed by atoms with E-state index in [0.29, 0.717) is 5.56 Å². The van der Waals surface area contributed by atoms with Crippen molar-refractivity contribution in [3.63, 3.8) is 0 Å². The second-order valence-corrected chi connectivity index (χ2v) is 7.54. The highest BCUT2D eigenvalue weighted by atomic mass is 32.2. The van der Waals surface area contributed by atoms with Crippen molar-refractivity contribution in [1.82, 2.24) is 14.6 Å². The SMILES string of the molecule is O=C(c1ccccc1)N1CC(S(=O)(=O)NCc2ncccc2F)C1. The molecule has 1 aliphatic heterocycles. The van der Waals surface area contributed by atoms with Gasteiger partial charge in [-0.15, -0.1) is 0 Å². The van der Waals surface area contributed by atoms with Crippen molar-refractivity contribution >= 4 is 15.9 Å². The fourth-order valence-electron chi connectivity index (χ4n) is 2.40. The molecule has 24 heavy (non-hydrogen) atoms. The van der Waals surface area contributed by atoms with Gasteiger partial charge in [-0.05, 0) is 24.3 Å². The highest BCUT2D eigenvalue weighted by Crippen LogP contribution is 2.19. The van der Waals surface area contributed by atoms with Crippen LogP contribution in [0.25, 0.3) is 0 Å². The topological polar surface area (TPSA) is 79.4 Å². The normalized spacial score (nSPS) is 15.1. The van der Waals surface area contributed by atoms with Crippen molar-refractivity contribution in [2.24, 2.45) is 0 Å². The number of hydrogen-bond donors (Lipinski definition) is 1. The van der Waals surface area contributed by atoms with Crippen LogP contribution in [0.4, 0.5) is 4.39 Å². The van der Waals surface area contributed by atoms with Crippen LogP contribution in [0, 0.1) is 5.82 Å². The molecular formula is C16H16FN3O3S. The third-order valence-electron chi connectivity index (χ3n) is 3.87. The average Bonchev–Trinajstić information content (AvgIpc) is 2.53. The van der Waals surface area contributed by atoms with E-state index in [9.17, 15) is 17.6 Å². The van der Waals surface area contributed by atoms with Gasteiger partial charge in [0.05, 0.1) is 12.2 Å². The van der Waals surface area contributed by atoms with E-state index in [0.717, 1.165) is 0 Å². The van der Waals surface area contributed by atoms with Crippen LogP contribution in [0.2, 0.25) is 0 Å². The lowest BCUT2D eigenvalue weighted by atomic mass is 10.1. The Hall–Kier alpha value is -2.32. The van der Waals surface area contributed by atoms with Crippen molar-refractivity contribution in [2.75, 3.05) is 13.1 Å². The van der Waals surface area contributed by atoms with Gasteiger partial charge in [0, 0.05) is 24.8 Å².